The highest BCUT2D eigenvalue weighted by molar-refractivity contribution is 6.26. The summed E-state index contributed by atoms with van der Waals surface area (Å²) in [5.74, 6) is -0.615. The molecule has 7 N–H and O–H groups in total. The van der Waals surface area contributed by atoms with Crippen LogP contribution in [0.1, 0.15) is 77.6 Å². The smallest absolute Gasteiger partial charge is 0.264 e. The molecule has 17 nitrogen and oxygen atoms in total. The van der Waals surface area contributed by atoms with Gasteiger partial charge in [0.1, 0.15) is 28.9 Å². The lowest BCUT2D eigenvalue weighted by atomic mass is 9.86. The fourth-order valence-corrected chi connectivity index (χ4v) is 9.30. The molecule has 3 fully saturated rings. The number of amidine groups is 1. The molecule has 0 aliphatic carbocycles. The van der Waals surface area contributed by atoms with Crippen molar-refractivity contribution in [3.63, 3.8) is 0 Å². The summed E-state index contributed by atoms with van der Waals surface area (Å²) in [5.41, 5.74) is 14.4. The number of imide groups is 2. The summed E-state index contributed by atoms with van der Waals surface area (Å²) in [6.07, 6.45) is 4.83. The van der Waals surface area contributed by atoms with Gasteiger partial charge in [0.25, 0.3) is 17.7 Å². The number of piperidine rings is 3. The van der Waals surface area contributed by atoms with E-state index in [9.17, 15) is 28.8 Å². The largest absolute Gasteiger partial charge is 0.457 e. The molecule has 17 heteroatoms. The molecule has 5 aliphatic heterocycles. The van der Waals surface area contributed by atoms with E-state index in [2.05, 4.69) is 25.8 Å². The quantitative estimate of drug-likeness (QED) is 0.0844. The Labute approximate surface area is 371 Å². The van der Waals surface area contributed by atoms with E-state index in [1.54, 1.807) is 42.5 Å². The van der Waals surface area contributed by atoms with Crippen molar-refractivity contribution in [1.29, 1.82) is 0 Å². The third-order valence-electron chi connectivity index (χ3n) is 12.8. The molecule has 8 rings (SSSR count). The predicted octanol–water partition coefficient (Wildman–Crippen LogP) is 3.02. The zero-order valence-corrected chi connectivity index (χ0v) is 35.8. The molecule has 3 saturated heterocycles. The van der Waals surface area contributed by atoms with Gasteiger partial charge in [-0.25, -0.2) is 0 Å². The zero-order valence-electron chi connectivity index (χ0n) is 35.8. The van der Waals surface area contributed by atoms with E-state index in [0.29, 0.717) is 80.3 Å². The average molecular weight is 874 g/mol. The molecule has 2 atom stereocenters. The van der Waals surface area contributed by atoms with Crippen molar-refractivity contribution in [3.05, 3.63) is 95.1 Å². The first kappa shape index (κ1) is 44.0. The highest BCUT2D eigenvalue weighted by Gasteiger charge is 2.45. The second kappa shape index (κ2) is 19.8. The molecule has 0 spiro atoms. The van der Waals surface area contributed by atoms with Gasteiger partial charge in [0, 0.05) is 70.4 Å². The average Bonchev–Trinajstić information content (AvgIpc) is 3.56. The minimum absolute atomic E-state index is 0.0607. The van der Waals surface area contributed by atoms with Gasteiger partial charge >= 0.3 is 0 Å². The topological polar surface area (TPSA) is 231 Å². The van der Waals surface area contributed by atoms with Gasteiger partial charge in [-0.2, -0.15) is 0 Å². The summed E-state index contributed by atoms with van der Waals surface area (Å²) >= 11 is 0. The van der Waals surface area contributed by atoms with Crippen molar-refractivity contribution in [2.24, 2.45) is 22.4 Å². The molecule has 5 heterocycles. The van der Waals surface area contributed by atoms with E-state index in [0.717, 1.165) is 50.1 Å². The fraction of sp³-hybridized carbons (Fsp3) is 0.426. The van der Waals surface area contributed by atoms with Crippen molar-refractivity contribution in [1.82, 2.24) is 25.3 Å². The van der Waals surface area contributed by atoms with E-state index < -0.39 is 35.6 Å². The highest BCUT2D eigenvalue weighted by Crippen LogP contribution is 2.33. The number of ether oxygens (including phenoxy) is 2. The van der Waals surface area contributed by atoms with Gasteiger partial charge in [-0.1, -0.05) is 24.3 Å². The Morgan fingerprint density at radius 1 is 0.812 bits per heavy atom. The summed E-state index contributed by atoms with van der Waals surface area (Å²) in [7, 11) is 0. The van der Waals surface area contributed by atoms with Crippen LogP contribution in [0.15, 0.2) is 83.4 Å². The van der Waals surface area contributed by atoms with Crippen molar-refractivity contribution in [2.45, 2.75) is 69.6 Å². The molecule has 0 saturated carbocycles. The fourth-order valence-electron chi connectivity index (χ4n) is 9.30. The van der Waals surface area contributed by atoms with Crippen LogP contribution in [0.5, 0.6) is 11.5 Å². The van der Waals surface area contributed by atoms with Crippen molar-refractivity contribution < 1.29 is 38.2 Å². The summed E-state index contributed by atoms with van der Waals surface area (Å²) < 4.78 is 12.1. The number of anilines is 1. The first-order valence-corrected chi connectivity index (χ1v) is 22.2. The van der Waals surface area contributed by atoms with Gasteiger partial charge in [0.15, 0.2) is 0 Å². The first-order valence-electron chi connectivity index (χ1n) is 22.2. The number of likely N-dealkylation sites (tertiary alicyclic amines) is 2. The number of rotatable bonds is 15. The number of nitrogens with zero attached hydrogens (tertiary/aromatic N) is 4. The van der Waals surface area contributed by atoms with Crippen LogP contribution in [0.2, 0.25) is 0 Å². The summed E-state index contributed by atoms with van der Waals surface area (Å²) in [4.78, 5) is 86.5. The number of primary amides is 1. The zero-order chi connectivity index (χ0) is 44.7. The number of benzene rings is 3. The molecule has 3 aromatic carbocycles. The number of carbonyl (C=O) groups is 6. The van der Waals surface area contributed by atoms with Crippen LogP contribution in [0, 0.1) is 5.92 Å². The molecule has 336 valence electrons. The van der Waals surface area contributed by atoms with Crippen LogP contribution >= 0.6 is 0 Å². The lowest BCUT2D eigenvalue weighted by Gasteiger charge is -2.38. The third kappa shape index (κ3) is 9.95. The SMILES string of the molecule is NC(=O)C(C1=NCC[C@@H](C2CCN(C(=O)CCN3CCC(OCCNc4cccc5c4C(=O)N(C4CCC(=O)NC4=O)C5=O)CC3)CC2)N1)=C(N)c1ccc(Oc2ccccc2)cc1. The Morgan fingerprint density at radius 2 is 1.55 bits per heavy atom. The molecule has 1 unspecified atom stereocenters. The van der Waals surface area contributed by atoms with E-state index >= 15 is 0 Å². The molecule has 6 amide bonds. The minimum Gasteiger partial charge on any atom is -0.457 e. The van der Waals surface area contributed by atoms with Gasteiger partial charge in [-0.05, 0) is 98.5 Å². The maximum Gasteiger partial charge on any atom is 0.264 e. The Balaban J connectivity index is 0.737. The van der Waals surface area contributed by atoms with E-state index in [4.69, 9.17) is 20.9 Å². The Morgan fingerprint density at radius 3 is 2.27 bits per heavy atom. The molecular formula is C47H55N9O8. The van der Waals surface area contributed by atoms with E-state index in [-0.39, 0.29) is 53.3 Å². The van der Waals surface area contributed by atoms with Crippen molar-refractivity contribution in [2.75, 3.05) is 57.7 Å². The second-order valence-corrected chi connectivity index (χ2v) is 16.8. The van der Waals surface area contributed by atoms with Gasteiger partial charge < -0.3 is 41.4 Å². The minimum atomic E-state index is -1.02. The first-order chi connectivity index (χ1) is 31.0. The summed E-state index contributed by atoms with van der Waals surface area (Å²) in [6, 6.07) is 20.6. The molecule has 3 aromatic rings. The van der Waals surface area contributed by atoms with Gasteiger partial charge in [-0.15, -0.1) is 0 Å². The summed E-state index contributed by atoms with van der Waals surface area (Å²) in [6.45, 7) is 5.01. The standard InChI is InChI=1S/C47H55N9O8/c48-42(30-9-11-33(12-10-30)64-32-5-2-1-3-6-32)41(43(49)59)44-51-21-15-35(52-44)29-16-26-55(27-17-29)39(58)20-25-54-23-18-31(19-24-54)63-28-22-50-36-8-4-7-34-40(36)47(62)56(46(34)61)37-13-14-38(57)53-45(37)60/h1-12,29,31,35,37,50H,13-28,48H2,(H2,49,59)(H,51,52)(H,53,57,60)/t35-,37?/m0/s1. The Bertz CT molecular complexity index is 2320. The predicted molar refractivity (Wildman–Crippen MR) is 238 cm³/mol. The van der Waals surface area contributed by atoms with Crippen molar-refractivity contribution >= 4 is 52.7 Å². The van der Waals surface area contributed by atoms with E-state index in [1.807, 2.05) is 35.2 Å². The second-order valence-electron chi connectivity index (χ2n) is 16.8. The number of para-hydroxylation sites is 1. The lowest BCUT2D eigenvalue weighted by molar-refractivity contribution is -0.136. The molecule has 0 bridgehead atoms. The number of aliphatic imine (C=N–C) groups is 1. The molecule has 5 aliphatic rings. The normalized spacial score (nSPS) is 21.4. The van der Waals surface area contributed by atoms with Crippen LogP contribution < -0.4 is 32.2 Å². The molecule has 0 aromatic heterocycles. The Kier molecular flexibility index (Phi) is 13.7. The molecular weight excluding hydrogens is 819 g/mol. The maximum absolute atomic E-state index is 13.4. The van der Waals surface area contributed by atoms with Gasteiger partial charge in [-0.3, -0.25) is 44.0 Å². The van der Waals surface area contributed by atoms with Crippen molar-refractivity contribution in [3.8, 4) is 11.5 Å². The van der Waals surface area contributed by atoms with E-state index in [1.165, 1.54) is 0 Å². The van der Waals surface area contributed by atoms with Gasteiger partial charge in [0.05, 0.1) is 29.5 Å². The number of carbonyl (C=O) groups excluding carboxylic acids is 6. The van der Waals surface area contributed by atoms with Gasteiger partial charge in [0.2, 0.25) is 17.7 Å². The van der Waals surface area contributed by atoms with Crippen LogP contribution in [0.4, 0.5) is 5.69 Å². The number of amides is 6. The summed E-state index contributed by atoms with van der Waals surface area (Å²) in [5, 5.41) is 8.93. The van der Waals surface area contributed by atoms with Crippen LogP contribution in [0.25, 0.3) is 5.70 Å². The van der Waals surface area contributed by atoms with Crippen LogP contribution in [0.3, 0.4) is 0 Å². The lowest BCUT2D eigenvalue weighted by Crippen LogP contribution is -2.54. The number of fused-ring (bicyclic) bond motifs is 1. The maximum atomic E-state index is 13.4. The number of nitrogens with one attached hydrogen (secondary N) is 3. The number of hydrogen-bond acceptors (Lipinski definition) is 13. The van der Waals surface area contributed by atoms with Crippen LogP contribution in [-0.4, -0.2) is 127 Å². The third-order valence-corrected chi connectivity index (χ3v) is 12.8. The monoisotopic (exact) mass is 873 g/mol. The van der Waals surface area contributed by atoms with Crippen LogP contribution in [-0.2, 0) is 23.9 Å². The molecule has 0 radical (unpaired) electrons. The number of nitrogens with two attached hydrogens (primary N) is 2. The molecule has 64 heavy (non-hydrogen) atoms. The number of hydrogen-bond donors (Lipinski definition) is 5. The Hall–Kier alpha value is -6.59. The highest BCUT2D eigenvalue weighted by atomic mass is 16.5.